The third-order valence-electron chi connectivity index (χ3n) is 2.89. The standard InChI is InChI=1S/C15H8Br2ClNO4/c16-10-5-8(6-11(17)15(10)21)1-4-14(20)9-2-3-12(18)13(7-9)19(22)23/h1-7,21H. The van der Waals surface area contributed by atoms with Crippen molar-refractivity contribution in [2.75, 3.05) is 0 Å². The van der Waals surface area contributed by atoms with Gasteiger partial charge >= 0.3 is 0 Å². The summed E-state index contributed by atoms with van der Waals surface area (Å²) in [5.74, 6) is -0.341. The van der Waals surface area contributed by atoms with Gasteiger partial charge in [0.05, 0.1) is 13.9 Å². The number of aromatic hydroxyl groups is 1. The first-order chi connectivity index (χ1) is 10.8. The number of phenolic OH excluding ortho intramolecular Hbond substituents is 1. The van der Waals surface area contributed by atoms with Gasteiger partial charge in [-0.2, -0.15) is 0 Å². The molecule has 0 amide bonds. The Kier molecular flexibility index (Phi) is 5.56. The lowest BCUT2D eigenvalue weighted by Gasteiger charge is -2.02. The molecule has 2 rings (SSSR count). The molecule has 0 aliphatic heterocycles. The minimum Gasteiger partial charge on any atom is -0.506 e. The van der Waals surface area contributed by atoms with Gasteiger partial charge in [0.2, 0.25) is 0 Å². The van der Waals surface area contributed by atoms with Crippen molar-refractivity contribution in [3.05, 3.63) is 71.6 Å². The number of rotatable bonds is 4. The topological polar surface area (TPSA) is 80.4 Å². The molecule has 23 heavy (non-hydrogen) atoms. The molecule has 0 radical (unpaired) electrons. The molecule has 5 nitrogen and oxygen atoms in total. The maximum absolute atomic E-state index is 12.1. The van der Waals surface area contributed by atoms with Crippen molar-refractivity contribution in [1.29, 1.82) is 0 Å². The van der Waals surface area contributed by atoms with E-state index >= 15 is 0 Å². The zero-order valence-electron chi connectivity index (χ0n) is 11.3. The fraction of sp³-hybridized carbons (Fsp3) is 0. The van der Waals surface area contributed by atoms with Crippen molar-refractivity contribution in [2.45, 2.75) is 0 Å². The second kappa shape index (κ2) is 7.25. The van der Waals surface area contributed by atoms with Crippen LogP contribution >= 0.6 is 43.5 Å². The maximum Gasteiger partial charge on any atom is 0.288 e. The predicted molar refractivity (Wildman–Crippen MR) is 95.0 cm³/mol. The summed E-state index contributed by atoms with van der Waals surface area (Å²) in [6.07, 6.45) is 2.83. The summed E-state index contributed by atoms with van der Waals surface area (Å²) < 4.78 is 0.946. The lowest BCUT2D eigenvalue weighted by molar-refractivity contribution is -0.384. The van der Waals surface area contributed by atoms with Gasteiger partial charge in [-0.3, -0.25) is 14.9 Å². The molecule has 8 heteroatoms. The number of nitro benzene ring substituents is 1. The molecule has 0 aliphatic carbocycles. The summed E-state index contributed by atoms with van der Waals surface area (Å²) >= 11 is 12.1. The number of phenols is 1. The van der Waals surface area contributed by atoms with Crippen molar-refractivity contribution >= 4 is 61.0 Å². The summed E-state index contributed by atoms with van der Waals surface area (Å²) in [6, 6.07) is 7.14. The first kappa shape index (κ1) is 17.7. The number of nitro groups is 1. The largest absolute Gasteiger partial charge is 0.506 e. The molecule has 0 spiro atoms. The molecule has 0 fully saturated rings. The minimum atomic E-state index is -0.642. The van der Waals surface area contributed by atoms with E-state index in [0.717, 1.165) is 6.07 Å². The third kappa shape index (κ3) is 4.19. The lowest BCUT2D eigenvalue weighted by Crippen LogP contribution is -1.97. The molecule has 0 heterocycles. The highest BCUT2D eigenvalue weighted by Crippen LogP contribution is 2.33. The van der Waals surface area contributed by atoms with Crippen LogP contribution in [0.2, 0.25) is 5.02 Å². The lowest BCUT2D eigenvalue weighted by atomic mass is 10.1. The molecule has 1 N–H and O–H groups in total. The Morgan fingerprint density at radius 3 is 2.39 bits per heavy atom. The average molecular weight is 461 g/mol. The summed E-state index contributed by atoms with van der Waals surface area (Å²) in [5, 5.41) is 20.4. The zero-order chi connectivity index (χ0) is 17.1. The Labute approximate surface area is 153 Å². The molecule has 0 unspecified atom stereocenters. The Balaban J connectivity index is 2.29. The highest BCUT2D eigenvalue weighted by atomic mass is 79.9. The van der Waals surface area contributed by atoms with E-state index in [0.29, 0.717) is 14.5 Å². The number of halogens is 3. The van der Waals surface area contributed by atoms with Crippen LogP contribution in [-0.2, 0) is 0 Å². The molecule has 0 aliphatic rings. The molecule has 118 valence electrons. The molecular weight excluding hydrogens is 453 g/mol. The molecule has 0 saturated heterocycles. The van der Waals surface area contributed by atoms with E-state index in [4.69, 9.17) is 11.6 Å². The molecule has 0 atom stereocenters. The van der Waals surface area contributed by atoms with E-state index in [-0.39, 0.29) is 22.0 Å². The minimum absolute atomic E-state index is 0.0260. The summed E-state index contributed by atoms with van der Waals surface area (Å²) in [7, 11) is 0. The Morgan fingerprint density at radius 2 is 1.83 bits per heavy atom. The first-order valence-corrected chi connectivity index (χ1v) is 8.10. The van der Waals surface area contributed by atoms with Crippen LogP contribution in [0.5, 0.6) is 5.75 Å². The zero-order valence-corrected chi connectivity index (χ0v) is 15.2. The van der Waals surface area contributed by atoms with Crippen molar-refractivity contribution < 1.29 is 14.8 Å². The first-order valence-electron chi connectivity index (χ1n) is 6.14. The van der Waals surface area contributed by atoms with Gasteiger partial charge < -0.3 is 5.11 Å². The highest BCUT2D eigenvalue weighted by Gasteiger charge is 2.15. The molecule has 2 aromatic carbocycles. The summed E-state index contributed by atoms with van der Waals surface area (Å²) in [4.78, 5) is 22.3. The fourth-order valence-electron chi connectivity index (χ4n) is 1.76. The van der Waals surface area contributed by atoms with Crippen LogP contribution < -0.4 is 0 Å². The quantitative estimate of drug-likeness (QED) is 0.287. The summed E-state index contributed by atoms with van der Waals surface area (Å²) in [5.41, 5.74) is 0.508. The van der Waals surface area contributed by atoms with E-state index in [1.165, 1.54) is 24.3 Å². The number of ketones is 1. The average Bonchev–Trinajstić information content (AvgIpc) is 2.50. The number of hydrogen-bond donors (Lipinski definition) is 1. The second-order valence-electron chi connectivity index (χ2n) is 4.45. The van der Waals surface area contributed by atoms with Gasteiger partial charge in [0, 0.05) is 11.6 Å². The monoisotopic (exact) mass is 459 g/mol. The SMILES string of the molecule is O=C(C=Cc1cc(Br)c(O)c(Br)c1)c1ccc(Cl)c([N+](=O)[O-])c1. The second-order valence-corrected chi connectivity index (χ2v) is 6.57. The number of hydrogen-bond acceptors (Lipinski definition) is 4. The van der Waals surface area contributed by atoms with Crippen LogP contribution in [0.3, 0.4) is 0 Å². The smallest absolute Gasteiger partial charge is 0.288 e. The number of nitrogens with zero attached hydrogens (tertiary/aromatic N) is 1. The van der Waals surface area contributed by atoms with Gasteiger partial charge in [-0.25, -0.2) is 0 Å². The van der Waals surface area contributed by atoms with Gasteiger partial charge in [-0.05, 0) is 67.8 Å². The van der Waals surface area contributed by atoms with Gasteiger partial charge in [-0.1, -0.05) is 17.7 Å². The van der Waals surface area contributed by atoms with Gasteiger partial charge in [0.1, 0.15) is 10.8 Å². The molecule has 0 saturated carbocycles. The number of carbonyl (C=O) groups excluding carboxylic acids is 1. The fourth-order valence-corrected chi connectivity index (χ4v) is 3.16. The van der Waals surface area contributed by atoms with E-state index in [9.17, 15) is 20.0 Å². The number of allylic oxidation sites excluding steroid dienone is 1. The van der Waals surface area contributed by atoms with E-state index in [1.807, 2.05) is 0 Å². The van der Waals surface area contributed by atoms with Crippen molar-refractivity contribution in [1.82, 2.24) is 0 Å². The van der Waals surface area contributed by atoms with Crippen molar-refractivity contribution in [3.8, 4) is 5.75 Å². The Bertz CT molecular complexity index is 813. The Hall–Kier alpha value is -1.70. The van der Waals surface area contributed by atoms with Crippen molar-refractivity contribution in [3.63, 3.8) is 0 Å². The van der Waals surface area contributed by atoms with Gasteiger partial charge in [0.15, 0.2) is 5.78 Å². The van der Waals surface area contributed by atoms with Crippen LogP contribution in [0.4, 0.5) is 5.69 Å². The molecule has 2 aromatic rings. The van der Waals surface area contributed by atoms with E-state index in [2.05, 4.69) is 31.9 Å². The number of carbonyl (C=O) groups is 1. The van der Waals surface area contributed by atoms with Crippen LogP contribution in [0.15, 0.2) is 45.4 Å². The predicted octanol–water partition coefficient (Wildman–Crippen LogP) is 5.37. The van der Waals surface area contributed by atoms with Crippen LogP contribution in [0, 0.1) is 10.1 Å². The maximum atomic E-state index is 12.1. The molecule has 0 aromatic heterocycles. The van der Waals surface area contributed by atoms with Crippen molar-refractivity contribution in [2.24, 2.45) is 0 Å². The number of benzene rings is 2. The molecule has 0 bridgehead atoms. The Morgan fingerprint density at radius 1 is 1.22 bits per heavy atom. The normalized spacial score (nSPS) is 10.9. The van der Waals surface area contributed by atoms with Crippen LogP contribution in [0.25, 0.3) is 6.08 Å². The van der Waals surface area contributed by atoms with Crippen LogP contribution in [0.1, 0.15) is 15.9 Å². The van der Waals surface area contributed by atoms with Gasteiger partial charge in [0.25, 0.3) is 5.69 Å². The summed E-state index contributed by atoms with van der Waals surface area (Å²) in [6.45, 7) is 0. The van der Waals surface area contributed by atoms with E-state index < -0.39 is 10.7 Å². The van der Waals surface area contributed by atoms with E-state index in [1.54, 1.807) is 12.1 Å². The van der Waals surface area contributed by atoms with Crippen LogP contribution in [-0.4, -0.2) is 15.8 Å². The highest BCUT2D eigenvalue weighted by molar-refractivity contribution is 9.11. The third-order valence-corrected chi connectivity index (χ3v) is 4.42. The van der Waals surface area contributed by atoms with Gasteiger partial charge in [-0.15, -0.1) is 0 Å². The molecular formula is C15H8Br2ClNO4.